The van der Waals surface area contributed by atoms with E-state index in [2.05, 4.69) is 59.3 Å². The van der Waals surface area contributed by atoms with Crippen molar-refractivity contribution < 1.29 is 0 Å². The molecule has 0 aromatic carbocycles. The fourth-order valence-corrected chi connectivity index (χ4v) is 1.84. The number of hydrogen-bond donors (Lipinski definition) is 0. The topological polar surface area (TPSA) is 0 Å². The Balaban J connectivity index is 3.39. The van der Waals surface area contributed by atoms with Crippen molar-refractivity contribution in [2.75, 3.05) is 4.43 Å². The number of alkyl halides is 1. The van der Waals surface area contributed by atoms with Gasteiger partial charge in [-0.15, -0.1) is 0 Å². The van der Waals surface area contributed by atoms with Crippen molar-refractivity contribution in [2.45, 2.75) is 58.3 Å². The van der Waals surface area contributed by atoms with Crippen molar-refractivity contribution in [1.29, 1.82) is 0 Å². The highest BCUT2D eigenvalue weighted by atomic mass is 127. The van der Waals surface area contributed by atoms with Crippen LogP contribution in [0.25, 0.3) is 0 Å². The minimum absolute atomic E-state index is 0.978. The molecule has 0 aliphatic heterocycles. The first-order chi connectivity index (χ1) is 8.41. The molecule has 94 valence electrons. The van der Waals surface area contributed by atoms with Gasteiger partial charge < -0.3 is 0 Å². The lowest BCUT2D eigenvalue weighted by Crippen LogP contribution is -1.77. The lowest BCUT2D eigenvalue weighted by molar-refractivity contribution is 0.681. The average Bonchev–Trinajstić information content (AvgIpc) is 2.35. The van der Waals surface area contributed by atoms with Gasteiger partial charge in [-0.1, -0.05) is 66.7 Å². The maximum atomic E-state index is 3.05. The van der Waals surface area contributed by atoms with Gasteiger partial charge in [0.25, 0.3) is 0 Å². The summed E-state index contributed by atoms with van der Waals surface area (Å²) < 4.78 is 1.29. The molecule has 0 bridgehead atoms. The van der Waals surface area contributed by atoms with Crippen molar-refractivity contribution in [3.8, 4) is 23.7 Å². The first-order valence-electron chi connectivity index (χ1n) is 6.61. The average molecular weight is 342 g/mol. The summed E-state index contributed by atoms with van der Waals surface area (Å²) in [5.74, 6) is 11.7. The Kier molecular flexibility index (Phi) is 15.2. The van der Waals surface area contributed by atoms with E-state index in [9.17, 15) is 0 Å². The minimum atomic E-state index is 0.978. The van der Waals surface area contributed by atoms with Gasteiger partial charge in [0.2, 0.25) is 0 Å². The molecule has 0 radical (unpaired) electrons. The summed E-state index contributed by atoms with van der Waals surface area (Å²) in [7, 11) is 0. The molecule has 0 heterocycles. The first kappa shape index (κ1) is 16.6. The van der Waals surface area contributed by atoms with Crippen molar-refractivity contribution in [3.63, 3.8) is 0 Å². The standard InChI is InChI=1S/C16H23I/c1-2-3-4-5-6-7-8-9-10-11-12-13-14-15-16-17/h9-10H,2-4,11-16H2,1H3/b10-9+. The zero-order chi connectivity index (χ0) is 12.6. The summed E-state index contributed by atoms with van der Waals surface area (Å²) in [4.78, 5) is 0. The van der Waals surface area contributed by atoms with Gasteiger partial charge in [-0.2, -0.15) is 0 Å². The Labute approximate surface area is 121 Å². The molecule has 0 saturated heterocycles. The molecule has 0 aromatic heterocycles. The number of rotatable bonds is 8. The summed E-state index contributed by atoms with van der Waals surface area (Å²) in [5, 5.41) is 0. The van der Waals surface area contributed by atoms with Crippen LogP contribution in [-0.2, 0) is 0 Å². The van der Waals surface area contributed by atoms with Gasteiger partial charge in [-0.25, -0.2) is 0 Å². The van der Waals surface area contributed by atoms with Crippen LogP contribution in [-0.4, -0.2) is 4.43 Å². The summed E-state index contributed by atoms with van der Waals surface area (Å²) in [6.07, 6.45) is 14.0. The zero-order valence-corrected chi connectivity index (χ0v) is 13.1. The highest BCUT2D eigenvalue weighted by molar-refractivity contribution is 14.1. The van der Waals surface area contributed by atoms with Crippen molar-refractivity contribution in [3.05, 3.63) is 12.2 Å². The minimum Gasteiger partial charge on any atom is -0.0891 e. The van der Waals surface area contributed by atoms with E-state index in [0.29, 0.717) is 0 Å². The van der Waals surface area contributed by atoms with E-state index in [1.54, 1.807) is 0 Å². The molecule has 0 aliphatic rings. The Morgan fingerprint density at radius 1 is 1.00 bits per heavy atom. The number of hydrogen-bond acceptors (Lipinski definition) is 0. The fraction of sp³-hybridized carbons (Fsp3) is 0.625. The van der Waals surface area contributed by atoms with Gasteiger partial charge >= 0.3 is 0 Å². The smallest absolute Gasteiger partial charge is 0.00988 e. The molecule has 1 heteroatoms. The van der Waals surface area contributed by atoms with E-state index in [0.717, 1.165) is 12.8 Å². The van der Waals surface area contributed by atoms with E-state index >= 15 is 0 Å². The number of allylic oxidation sites excluding steroid dienone is 2. The summed E-state index contributed by atoms with van der Waals surface area (Å²) >= 11 is 2.44. The summed E-state index contributed by atoms with van der Waals surface area (Å²) in [5.41, 5.74) is 0. The third kappa shape index (κ3) is 15.6. The van der Waals surface area contributed by atoms with E-state index in [-0.39, 0.29) is 0 Å². The van der Waals surface area contributed by atoms with Gasteiger partial charge in [0, 0.05) is 6.42 Å². The van der Waals surface area contributed by atoms with Gasteiger partial charge in [-0.05, 0) is 48.0 Å². The first-order valence-corrected chi connectivity index (χ1v) is 8.13. The van der Waals surface area contributed by atoms with Crippen LogP contribution in [0.2, 0.25) is 0 Å². The molecule has 0 saturated carbocycles. The lowest BCUT2D eigenvalue weighted by Gasteiger charge is -1.94. The van der Waals surface area contributed by atoms with Crippen LogP contribution in [0.15, 0.2) is 12.2 Å². The Bertz CT molecular complexity index is 293. The van der Waals surface area contributed by atoms with E-state index < -0.39 is 0 Å². The Hall–Kier alpha value is -0.410. The monoisotopic (exact) mass is 342 g/mol. The maximum absolute atomic E-state index is 3.05. The molecule has 0 nitrogen and oxygen atoms in total. The van der Waals surface area contributed by atoms with E-state index in [4.69, 9.17) is 0 Å². The second-order valence-corrected chi connectivity index (χ2v) is 5.05. The maximum Gasteiger partial charge on any atom is 0.00988 e. The zero-order valence-electron chi connectivity index (χ0n) is 10.9. The highest BCUT2D eigenvalue weighted by Gasteiger charge is 1.85. The van der Waals surface area contributed by atoms with Crippen molar-refractivity contribution >= 4 is 22.6 Å². The van der Waals surface area contributed by atoms with Crippen LogP contribution in [0.5, 0.6) is 0 Å². The lowest BCUT2D eigenvalue weighted by atomic mass is 10.1. The Morgan fingerprint density at radius 3 is 2.59 bits per heavy atom. The van der Waals surface area contributed by atoms with Gasteiger partial charge in [-0.3, -0.25) is 0 Å². The number of halogens is 1. The van der Waals surface area contributed by atoms with Crippen LogP contribution in [0.3, 0.4) is 0 Å². The molecule has 0 spiro atoms. The van der Waals surface area contributed by atoms with Crippen LogP contribution in [0.1, 0.15) is 58.3 Å². The largest absolute Gasteiger partial charge is 0.0891 e. The highest BCUT2D eigenvalue weighted by Crippen LogP contribution is 2.04. The second-order valence-electron chi connectivity index (χ2n) is 3.97. The van der Waals surface area contributed by atoms with Crippen molar-refractivity contribution in [2.24, 2.45) is 0 Å². The molecule has 0 atom stereocenters. The quantitative estimate of drug-likeness (QED) is 0.248. The van der Waals surface area contributed by atoms with Crippen LogP contribution in [0.4, 0.5) is 0 Å². The molecule has 0 rings (SSSR count). The third-order valence-electron chi connectivity index (χ3n) is 2.33. The van der Waals surface area contributed by atoms with E-state index in [1.165, 1.54) is 43.0 Å². The van der Waals surface area contributed by atoms with Crippen molar-refractivity contribution in [1.82, 2.24) is 0 Å². The summed E-state index contributed by atoms with van der Waals surface area (Å²) in [6.45, 7) is 2.18. The summed E-state index contributed by atoms with van der Waals surface area (Å²) in [6, 6.07) is 0. The Morgan fingerprint density at radius 2 is 1.82 bits per heavy atom. The number of unbranched alkanes of at least 4 members (excludes halogenated alkanes) is 6. The van der Waals surface area contributed by atoms with Gasteiger partial charge in [0.1, 0.15) is 0 Å². The second kappa shape index (κ2) is 15.6. The SMILES string of the molecule is CCCCC#CC#C/C=C/CCCCCCI. The molecular formula is C16H23I. The molecule has 17 heavy (non-hydrogen) atoms. The van der Waals surface area contributed by atoms with E-state index in [1.807, 2.05) is 6.08 Å². The van der Waals surface area contributed by atoms with Gasteiger partial charge in [0.15, 0.2) is 0 Å². The van der Waals surface area contributed by atoms with Crippen LogP contribution >= 0.6 is 22.6 Å². The van der Waals surface area contributed by atoms with Gasteiger partial charge in [0.05, 0.1) is 0 Å². The molecule has 0 amide bonds. The molecule has 0 aliphatic carbocycles. The molecule has 0 unspecified atom stereocenters. The molecule has 0 aromatic rings. The normalized spacial score (nSPS) is 9.53. The molecular weight excluding hydrogens is 319 g/mol. The van der Waals surface area contributed by atoms with Crippen LogP contribution in [0, 0.1) is 23.7 Å². The van der Waals surface area contributed by atoms with Crippen LogP contribution < -0.4 is 0 Å². The third-order valence-corrected chi connectivity index (χ3v) is 3.10. The molecule has 0 N–H and O–H groups in total. The fourth-order valence-electron chi connectivity index (χ4n) is 1.30. The predicted molar refractivity (Wildman–Crippen MR) is 86.2 cm³/mol. The molecule has 0 fully saturated rings. The predicted octanol–water partition coefficient (Wildman–Crippen LogP) is 5.13.